The Hall–Kier alpha value is -1.03. The van der Waals surface area contributed by atoms with Gasteiger partial charge in [-0.1, -0.05) is 6.92 Å². The van der Waals surface area contributed by atoms with E-state index in [-0.39, 0.29) is 0 Å². The monoisotopic (exact) mass is 284 g/mol. The molecule has 0 aromatic heterocycles. The van der Waals surface area contributed by atoms with Crippen molar-refractivity contribution < 1.29 is 14.2 Å². The van der Waals surface area contributed by atoms with Crippen LogP contribution in [-0.4, -0.2) is 26.6 Å². The molecule has 3 nitrogen and oxygen atoms in total. The van der Waals surface area contributed by atoms with E-state index in [1.54, 1.807) is 14.2 Å². The fraction of sp³-hybridized carbons (Fsp3) is 0.600. The third kappa shape index (κ3) is 4.86. The highest BCUT2D eigenvalue weighted by molar-refractivity contribution is 7.80. The van der Waals surface area contributed by atoms with Crippen LogP contribution >= 0.6 is 12.6 Å². The molecule has 0 saturated heterocycles. The predicted octanol–water partition coefficient (Wildman–Crippen LogP) is 3.74. The predicted molar refractivity (Wildman–Crippen MR) is 82.0 cm³/mol. The molecule has 0 heterocycles. The Labute approximate surface area is 121 Å². The first-order valence-electron chi connectivity index (χ1n) is 6.58. The summed E-state index contributed by atoms with van der Waals surface area (Å²) in [6.07, 6.45) is 2.11. The maximum absolute atomic E-state index is 5.85. The molecule has 108 valence electrons. The second-order valence-electron chi connectivity index (χ2n) is 4.75. The maximum atomic E-state index is 5.85. The molecule has 0 N–H and O–H groups in total. The van der Waals surface area contributed by atoms with Crippen molar-refractivity contribution in [1.29, 1.82) is 0 Å². The highest BCUT2D eigenvalue weighted by atomic mass is 32.1. The SMILES string of the molecule is COc1cc(C)cc(OC)c1OCCC(C)CCS. The number of thiol groups is 1. The van der Waals surface area contributed by atoms with Crippen LogP contribution in [-0.2, 0) is 0 Å². The van der Waals surface area contributed by atoms with E-state index in [0.29, 0.717) is 18.3 Å². The van der Waals surface area contributed by atoms with E-state index in [9.17, 15) is 0 Å². The van der Waals surface area contributed by atoms with Gasteiger partial charge in [0, 0.05) is 0 Å². The molecule has 0 spiro atoms. The van der Waals surface area contributed by atoms with Gasteiger partial charge in [0.05, 0.1) is 20.8 Å². The van der Waals surface area contributed by atoms with E-state index in [2.05, 4.69) is 19.6 Å². The number of benzene rings is 1. The quantitative estimate of drug-likeness (QED) is 0.737. The molecule has 0 amide bonds. The molecule has 19 heavy (non-hydrogen) atoms. The first-order valence-corrected chi connectivity index (χ1v) is 7.21. The van der Waals surface area contributed by atoms with Crippen LogP contribution in [0.5, 0.6) is 17.2 Å². The Morgan fingerprint density at radius 2 is 1.68 bits per heavy atom. The molecule has 1 unspecified atom stereocenters. The van der Waals surface area contributed by atoms with Gasteiger partial charge in [0.25, 0.3) is 0 Å². The van der Waals surface area contributed by atoms with Gasteiger partial charge in [-0.05, 0) is 49.1 Å². The largest absolute Gasteiger partial charge is 0.493 e. The molecule has 0 radical (unpaired) electrons. The zero-order valence-corrected chi connectivity index (χ0v) is 13.1. The fourth-order valence-electron chi connectivity index (χ4n) is 1.88. The maximum Gasteiger partial charge on any atom is 0.203 e. The molecule has 1 atom stereocenters. The van der Waals surface area contributed by atoms with Crippen molar-refractivity contribution in [3.05, 3.63) is 17.7 Å². The molecule has 1 rings (SSSR count). The third-order valence-corrected chi connectivity index (χ3v) is 3.34. The average molecular weight is 284 g/mol. The number of hydrogen-bond acceptors (Lipinski definition) is 4. The summed E-state index contributed by atoms with van der Waals surface area (Å²) in [5.74, 6) is 3.66. The first kappa shape index (κ1) is 16.0. The van der Waals surface area contributed by atoms with Crippen LogP contribution in [0, 0.1) is 12.8 Å². The summed E-state index contributed by atoms with van der Waals surface area (Å²) in [7, 11) is 3.29. The number of hydrogen-bond donors (Lipinski definition) is 1. The van der Waals surface area contributed by atoms with Gasteiger partial charge in [-0.2, -0.15) is 12.6 Å². The van der Waals surface area contributed by atoms with Crippen molar-refractivity contribution in [3.8, 4) is 17.2 Å². The van der Waals surface area contributed by atoms with Gasteiger partial charge in [0.2, 0.25) is 5.75 Å². The van der Waals surface area contributed by atoms with E-state index in [0.717, 1.165) is 35.7 Å². The highest BCUT2D eigenvalue weighted by Gasteiger charge is 2.13. The summed E-state index contributed by atoms with van der Waals surface area (Å²) in [4.78, 5) is 0. The molecule has 0 aliphatic carbocycles. The lowest BCUT2D eigenvalue weighted by Gasteiger charge is -2.16. The van der Waals surface area contributed by atoms with Gasteiger partial charge in [0.15, 0.2) is 11.5 Å². The summed E-state index contributed by atoms with van der Waals surface area (Å²) < 4.78 is 16.6. The Morgan fingerprint density at radius 1 is 1.11 bits per heavy atom. The fourth-order valence-corrected chi connectivity index (χ4v) is 2.32. The molecule has 0 saturated carbocycles. The summed E-state index contributed by atoms with van der Waals surface area (Å²) in [5, 5.41) is 0. The van der Waals surface area contributed by atoms with Crippen molar-refractivity contribution in [3.63, 3.8) is 0 Å². The number of methoxy groups -OCH3 is 2. The smallest absolute Gasteiger partial charge is 0.203 e. The second kappa shape index (κ2) is 8.20. The van der Waals surface area contributed by atoms with Gasteiger partial charge in [-0.25, -0.2) is 0 Å². The lowest BCUT2D eigenvalue weighted by Crippen LogP contribution is -2.06. The summed E-state index contributed by atoms with van der Waals surface area (Å²) >= 11 is 4.25. The van der Waals surface area contributed by atoms with Gasteiger partial charge in [-0.3, -0.25) is 0 Å². The molecule has 0 aliphatic heterocycles. The first-order chi connectivity index (χ1) is 9.12. The van der Waals surface area contributed by atoms with Crippen LogP contribution in [0.2, 0.25) is 0 Å². The van der Waals surface area contributed by atoms with E-state index >= 15 is 0 Å². The minimum absolute atomic E-state index is 0.611. The number of rotatable bonds is 8. The van der Waals surface area contributed by atoms with Gasteiger partial charge in [0.1, 0.15) is 0 Å². The van der Waals surface area contributed by atoms with E-state index in [1.165, 1.54) is 0 Å². The Morgan fingerprint density at radius 3 is 2.16 bits per heavy atom. The molecule has 4 heteroatoms. The summed E-state index contributed by atoms with van der Waals surface area (Å²) in [6.45, 7) is 4.87. The Balaban J connectivity index is 2.71. The van der Waals surface area contributed by atoms with Crippen molar-refractivity contribution >= 4 is 12.6 Å². The molecule has 0 bridgehead atoms. The lowest BCUT2D eigenvalue weighted by atomic mass is 10.1. The minimum Gasteiger partial charge on any atom is -0.493 e. The van der Waals surface area contributed by atoms with Crippen molar-refractivity contribution in [1.82, 2.24) is 0 Å². The van der Waals surface area contributed by atoms with Gasteiger partial charge < -0.3 is 14.2 Å². The lowest BCUT2D eigenvalue weighted by molar-refractivity contribution is 0.253. The van der Waals surface area contributed by atoms with Crippen LogP contribution in [0.25, 0.3) is 0 Å². The Kier molecular flexibility index (Phi) is 6.92. The molecule has 1 aromatic rings. The van der Waals surface area contributed by atoms with Crippen LogP contribution in [0.1, 0.15) is 25.3 Å². The zero-order valence-electron chi connectivity index (χ0n) is 12.2. The highest BCUT2D eigenvalue weighted by Crippen LogP contribution is 2.38. The van der Waals surface area contributed by atoms with Crippen LogP contribution in [0.15, 0.2) is 12.1 Å². The zero-order chi connectivity index (χ0) is 14.3. The normalized spacial score (nSPS) is 12.1. The second-order valence-corrected chi connectivity index (χ2v) is 5.20. The summed E-state index contributed by atoms with van der Waals surface area (Å²) in [6, 6.07) is 3.91. The van der Waals surface area contributed by atoms with Gasteiger partial charge in [-0.15, -0.1) is 0 Å². The molecule has 0 fully saturated rings. The number of ether oxygens (including phenoxy) is 3. The van der Waals surface area contributed by atoms with E-state index in [1.807, 2.05) is 19.1 Å². The minimum atomic E-state index is 0.611. The molecular weight excluding hydrogens is 260 g/mol. The average Bonchev–Trinajstić information content (AvgIpc) is 2.39. The standard InChI is InChI=1S/C15H24O3S/c1-11(6-8-19)5-7-18-15-13(16-3)9-12(2)10-14(15)17-4/h9-11,19H,5-8H2,1-4H3. The van der Waals surface area contributed by atoms with E-state index in [4.69, 9.17) is 14.2 Å². The van der Waals surface area contributed by atoms with E-state index < -0.39 is 0 Å². The van der Waals surface area contributed by atoms with Crippen molar-refractivity contribution in [2.75, 3.05) is 26.6 Å². The molecule has 0 aliphatic rings. The van der Waals surface area contributed by atoms with Crippen molar-refractivity contribution in [2.45, 2.75) is 26.7 Å². The third-order valence-electron chi connectivity index (χ3n) is 3.08. The molecule has 1 aromatic carbocycles. The number of aryl methyl sites for hydroxylation is 1. The topological polar surface area (TPSA) is 27.7 Å². The van der Waals surface area contributed by atoms with Crippen molar-refractivity contribution in [2.24, 2.45) is 5.92 Å². The molecular formula is C15H24O3S. The van der Waals surface area contributed by atoms with Crippen LogP contribution < -0.4 is 14.2 Å². The van der Waals surface area contributed by atoms with Gasteiger partial charge >= 0.3 is 0 Å². The van der Waals surface area contributed by atoms with Crippen LogP contribution in [0.4, 0.5) is 0 Å². The Bertz CT molecular complexity index is 368. The summed E-state index contributed by atoms with van der Waals surface area (Å²) in [5.41, 5.74) is 1.09. The van der Waals surface area contributed by atoms with Crippen LogP contribution in [0.3, 0.4) is 0 Å².